The monoisotopic (exact) mass is 313 g/mol. The smallest absolute Gasteiger partial charge is 0.269 e. The third kappa shape index (κ3) is 5.07. The van der Waals surface area contributed by atoms with Gasteiger partial charge in [-0.25, -0.2) is 13.1 Å². The van der Waals surface area contributed by atoms with Gasteiger partial charge >= 0.3 is 0 Å². The molecule has 1 aromatic carbocycles. The molecule has 7 nitrogen and oxygen atoms in total. The summed E-state index contributed by atoms with van der Waals surface area (Å²) in [4.78, 5) is 10.0. The molecule has 8 heteroatoms. The van der Waals surface area contributed by atoms with Crippen LogP contribution in [-0.4, -0.2) is 33.0 Å². The second-order valence-corrected chi connectivity index (χ2v) is 7.03. The van der Waals surface area contributed by atoms with Gasteiger partial charge in [0.1, 0.15) is 0 Å². The molecule has 0 amide bonds. The first-order chi connectivity index (χ1) is 9.96. The molecule has 2 rings (SSSR count). The SMILES string of the molecule is O=[N+]([O-])c1ccc(CS(=O)(=O)NCC2CCNCC2)cc1. The van der Waals surface area contributed by atoms with Crippen molar-refractivity contribution in [3.63, 3.8) is 0 Å². The van der Waals surface area contributed by atoms with Crippen LogP contribution in [0.15, 0.2) is 24.3 Å². The molecule has 116 valence electrons. The molecule has 1 heterocycles. The number of nitro groups is 1. The number of benzene rings is 1. The molecule has 0 bridgehead atoms. The van der Waals surface area contributed by atoms with Crippen LogP contribution in [0.25, 0.3) is 0 Å². The van der Waals surface area contributed by atoms with E-state index in [-0.39, 0.29) is 11.4 Å². The van der Waals surface area contributed by atoms with Crippen LogP contribution in [0.5, 0.6) is 0 Å². The molecule has 1 saturated heterocycles. The van der Waals surface area contributed by atoms with Crippen molar-refractivity contribution in [3.05, 3.63) is 39.9 Å². The van der Waals surface area contributed by atoms with Crippen molar-refractivity contribution in [2.45, 2.75) is 18.6 Å². The van der Waals surface area contributed by atoms with Gasteiger partial charge in [0.2, 0.25) is 10.0 Å². The largest absolute Gasteiger partial charge is 0.317 e. The predicted molar refractivity (Wildman–Crippen MR) is 79.3 cm³/mol. The molecule has 0 aliphatic carbocycles. The minimum absolute atomic E-state index is 0.0428. The molecule has 2 N–H and O–H groups in total. The Labute approximate surface area is 123 Å². The zero-order chi connectivity index (χ0) is 15.3. The molecule has 21 heavy (non-hydrogen) atoms. The minimum atomic E-state index is -3.41. The van der Waals surface area contributed by atoms with Crippen LogP contribution in [0.2, 0.25) is 0 Å². The molecule has 1 fully saturated rings. The van der Waals surface area contributed by atoms with E-state index in [9.17, 15) is 18.5 Å². The lowest BCUT2D eigenvalue weighted by atomic mass is 9.99. The van der Waals surface area contributed by atoms with Gasteiger partial charge in [-0.15, -0.1) is 0 Å². The van der Waals surface area contributed by atoms with E-state index in [0.717, 1.165) is 25.9 Å². The fraction of sp³-hybridized carbons (Fsp3) is 0.538. The van der Waals surface area contributed by atoms with Gasteiger partial charge in [-0.2, -0.15) is 0 Å². The van der Waals surface area contributed by atoms with E-state index in [0.29, 0.717) is 18.0 Å². The zero-order valence-electron chi connectivity index (χ0n) is 11.6. The number of rotatable bonds is 6. The molecule has 0 saturated carbocycles. The first-order valence-corrected chi connectivity index (χ1v) is 8.53. The van der Waals surface area contributed by atoms with Crippen LogP contribution in [-0.2, 0) is 15.8 Å². The number of hydrogen-bond donors (Lipinski definition) is 2. The molecule has 1 aromatic rings. The Hall–Kier alpha value is -1.51. The summed E-state index contributed by atoms with van der Waals surface area (Å²) in [5, 5.41) is 13.8. The van der Waals surface area contributed by atoms with Crippen molar-refractivity contribution in [1.29, 1.82) is 0 Å². The second-order valence-electron chi connectivity index (χ2n) is 5.22. The highest BCUT2D eigenvalue weighted by Gasteiger charge is 2.17. The Morgan fingerprint density at radius 1 is 1.24 bits per heavy atom. The highest BCUT2D eigenvalue weighted by molar-refractivity contribution is 7.88. The average Bonchev–Trinajstić information content (AvgIpc) is 2.46. The van der Waals surface area contributed by atoms with E-state index in [4.69, 9.17) is 0 Å². The molecule has 0 atom stereocenters. The Kier molecular flexibility index (Phi) is 5.27. The molecule has 1 aliphatic rings. The summed E-state index contributed by atoms with van der Waals surface area (Å²) in [6.07, 6.45) is 1.94. The van der Waals surface area contributed by atoms with E-state index < -0.39 is 14.9 Å². The summed E-state index contributed by atoms with van der Waals surface area (Å²) in [7, 11) is -3.41. The van der Waals surface area contributed by atoms with Crippen LogP contribution >= 0.6 is 0 Å². The minimum Gasteiger partial charge on any atom is -0.317 e. The lowest BCUT2D eigenvalue weighted by Crippen LogP contribution is -2.36. The number of nitrogens with zero attached hydrogens (tertiary/aromatic N) is 1. The third-order valence-corrected chi connectivity index (χ3v) is 4.87. The Morgan fingerprint density at radius 2 is 1.86 bits per heavy atom. The maximum absolute atomic E-state index is 12.0. The third-order valence-electron chi connectivity index (χ3n) is 3.55. The predicted octanol–water partition coefficient (Wildman–Crippen LogP) is 1.01. The molecule has 0 unspecified atom stereocenters. The summed E-state index contributed by atoms with van der Waals surface area (Å²) in [5.41, 5.74) is 0.497. The summed E-state index contributed by atoms with van der Waals surface area (Å²) in [6, 6.07) is 5.58. The molecule has 0 spiro atoms. The maximum atomic E-state index is 12.0. The lowest BCUT2D eigenvalue weighted by molar-refractivity contribution is -0.384. The zero-order valence-corrected chi connectivity index (χ0v) is 12.4. The molecule has 0 aromatic heterocycles. The van der Waals surface area contributed by atoms with Gasteiger partial charge in [-0.3, -0.25) is 10.1 Å². The van der Waals surface area contributed by atoms with E-state index in [1.54, 1.807) is 0 Å². The number of non-ortho nitro benzene ring substituents is 1. The highest BCUT2D eigenvalue weighted by Crippen LogP contribution is 2.14. The van der Waals surface area contributed by atoms with Crippen LogP contribution in [0.1, 0.15) is 18.4 Å². The quantitative estimate of drug-likeness (QED) is 0.603. The van der Waals surface area contributed by atoms with Gasteiger partial charge in [0.05, 0.1) is 10.7 Å². The topological polar surface area (TPSA) is 101 Å². The molecular formula is C13H19N3O4S. The van der Waals surface area contributed by atoms with Crippen molar-refractivity contribution in [2.75, 3.05) is 19.6 Å². The lowest BCUT2D eigenvalue weighted by Gasteiger charge is -2.22. The number of piperidine rings is 1. The van der Waals surface area contributed by atoms with Crippen LogP contribution < -0.4 is 10.0 Å². The Bertz CT molecular complexity index is 580. The van der Waals surface area contributed by atoms with Gasteiger partial charge in [0.25, 0.3) is 5.69 Å². The average molecular weight is 313 g/mol. The number of nitro benzene ring substituents is 1. The summed E-state index contributed by atoms with van der Waals surface area (Å²) in [5.74, 6) is 0.216. The van der Waals surface area contributed by atoms with Crippen molar-refractivity contribution in [1.82, 2.24) is 10.0 Å². The normalized spacial score (nSPS) is 16.8. The van der Waals surface area contributed by atoms with Gasteiger partial charge in [-0.1, -0.05) is 12.1 Å². The van der Waals surface area contributed by atoms with Gasteiger partial charge in [0, 0.05) is 18.7 Å². The number of hydrogen-bond acceptors (Lipinski definition) is 5. The molecule has 1 aliphatic heterocycles. The van der Waals surface area contributed by atoms with Crippen molar-refractivity contribution >= 4 is 15.7 Å². The number of nitrogens with one attached hydrogen (secondary N) is 2. The maximum Gasteiger partial charge on any atom is 0.269 e. The fourth-order valence-corrected chi connectivity index (χ4v) is 3.54. The Morgan fingerprint density at radius 3 is 2.43 bits per heavy atom. The highest BCUT2D eigenvalue weighted by atomic mass is 32.2. The van der Waals surface area contributed by atoms with Gasteiger partial charge in [-0.05, 0) is 37.4 Å². The van der Waals surface area contributed by atoms with Crippen molar-refractivity contribution < 1.29 is 13.3 Å². The summed E-state index contributed by atoms with van der Waals surface area (Å²) in [6.45, 7) is 2.31. The van der Waals surface area contributed by atoms with Gasteiger partial charge in [0.15, 0.2) is 0 Å². The van der Waals surface area contributed by atoms with E-state index >= 15 is 0 Å². The van der Waals surface area contributed by atoms with Crippen LogP contribution in [0.3, 0.4) is 0 Å². The van der Waals surface area contributed by atoms with E-state index in [1.807, 2.05) is 0 Å². The molecule has 0 radical (unpaired) electrons. The summed E-state index contributed by atoms with van der Waals surface area (Å²) < 4.78 is 26.6. The fourth-order valence-electron chi connectivity index (χ4n) is 2.31. The Balaban J connectivity index is 1.89. The van der Waals surface area contributed by atoms with E-state index in [1.165, 1.54) is 24.3 Å². The van der Waals surface area contributed by atoms with Crippen LogP contribution in [0.4, 0.5) is 5.69 Å². The summed E-state index contributed by atoms with van der Waals surface area (Å²) >= 11 is 0. The standard InChI is InChI=1S/C13H19N3O4S/c17-16(18)13-3-1-12(2-4-13)10-21(19,20)15-9-11-5-7-14-8-6-11/h1-4,11,14-15H,5-10H2. The van der Waals surface area contributed by atoms with Crippen molar-refractivity contribution in [2.24, 2.45) is 5.92 Å². The number of sulfonamides is 1. The van der Waals surface area contributed by atoms with Gasteiger partial charge < -0.3 is 5.32 Å². The van der Waals surface area contributed by atoms with E-state index in [2.05, 4.69) is 10.0 Å². The second kappa shape index (κ2) is 6.97. The van der Waals surface area contributed by atoms with Crippen molar-refractivity contribution in [3.8, 4) is 0 Å². The first-order valence-electron chi connectivity index (χ1n) is 6.88. The van der Waals surface area contributed by atoms with Crippen LogP contribution in [0, 0.1) is 16.0 Å². The molecular weight excluding hydrogens is 294 g/mol. The first kappa shape index (κ1) is 15.9.